The van der Waals surface area contributed by atoms with Gasteiger partial charge in [-0.05, 0) is 13.8 Å². The number of rotatable bonds is 8. The van der Waals surface area contributed by atoms with Crippen LogP contribution in [0.5, 0.6) is 0 Å². The Bertz CT molecular complexity index is 385. The van der Waals surface area contributed by atoms with Gasteiger partial charge in [-0.15, -0.1) is 0 Å². The van der Waals surface area contributed by atoms with Crippen LogP contribution in [0.25, 0.3) is 0 Å². The van der Waals surface area contributed by atoms with Crippen molar-refractivity contribution in [3.63, 3.8) is 0 Å². The lowest BCUT2D eigenvalue weighted by Gasteiger charge is -2.22. The minimum absolute atomic E-state index is 0.0973. The van der Waals surface area contributed by atoms with Gasteiger partial charge in [0.25, 0.3) is 0 Å². The van der Waals surface area contributed by atoms with Gasteiger partial charge in [0, 0.05) is 19.5 Å². The van der Waals surface area contributed by atoms with Gasteiger partial charge >= 0.3 is 15.4 Å². The van der Waals surface area contributed by atoms with E-state index in [0.717, 1.165) is 6.66 Å². The smallest absolute Gasteiger partial charge is 0.390 e. The lowest BCUT2D eigenvalue weighted by atomic mass is 9.97. The van der Waals surface area contributed by atoms with Crippen molar-refractivity contribution in [2.75, 3.05) is 13.3 Å². The van der Waals surface area contributed by atoms with Crippen molar-refractivity contribution in [1.82, 2.24) is 0 Å². The molecule has 0 aromatic rings. The summed E-state index contributed by atoms with van der Waals surface area (Å²) < 4.78 is 30.3. The van der Waals surface area contributed by atoms with Gasteiger partial charge in [-0.1, -0.05) is 0 Å². The van der Waals surface area contributed by atoms with Gasteiger partial charge in [-0.3, -0.25) is 13.9 Å². The third-order valence-electron chi connectivity index (χ3n) is 1.78. The zero-order valence-corrected chi connectivity index (χ0v) is 12.2. The number of hydrogen-bond donors (Lipinski definition) is 3. The lowest BCUT2D eigenvalue weighted by molar-refractivity contribution is -0.121. The summed E-state index contributed by atoms with van der Waals surface area (Å²) in [5, 5.41) is 9.70. The third-order valence-corrected chi connectivity index (χ3v) is 4.33. The first-order valence-corrected chi connectivity index (χ1v) is 8.56. The summed E-state index contributed by atoms with van der Waals surface area (Å²) >= 11 is 0. The number of phosphoric acid groups is 1. The van der Waals surface area contributed by atoms with Crippen LogP contribution in [0.4, 0.5) is 0 Å². The Hall–Kier alpha value is -0.0700. The summed E-state index contributed by atoms with van der Waals surface area (Å²) in [5.74, 6) is -0.239. The summed E-state index contributed by atoms with van der Waals surface area (Å²) in [7, 11) is -8.79. The van der Waals surface area contributed by atoms with Gasteiger partial charge in [0.1, 0.15) is 5.78 Å². The Morgan fingerprint density at radius 2 is 1.83 bits per heavy atom. The van der Waals surface area contributed by atoms with Gasteiger partial charge < -0.3 is 14.9 Å². The molecule has 3 atom stereocenters. The molecule has 0 bridgehead atoms. The number of hydrogen-bond acceptors (Lipinski definition) is 6. The van der Waals surface area contributed by atoms with Gasteiger partial charge in [0.15, 0.2) is 0 Å². The summed E-state index contributed by atoms with van der Waals surface area (Å²) in [5.41, 5.74) is -1.37. The first-order chi connectivity index (χ1) is 7.83. The van der Waals surface area contributed by atoms with E-state index in [2.05, 4.69) is 8.83 Å². The second kappa shape index (κ2) is 6.39. The fraction of sp³-hybridized carbons (Fsp3) is 0.875. The zero-order valence-electron chi connectivity index (χ0n) is 10.4. The molecule has 8 nitrogen and oxygen atoms in total. The predicted octanol–water partition coefficient (Wildman–Crippen LogP) is 1.06. The van der Waals surface area contributed by atoms with Crippen molar-refractivity contribution >= 4 is 21.2 Å². The van der Waals surface area contributed by atoms with Crippen LogP contribution < -0.4 is 0 Å². The van der Waals surface area contributed by atoms with Gasteiger partial charge in [-0.2, -0.15) is 0 Å². The van der Waals surface area contributed by atoms with E-state index in [-0.39, 0.29) is 18.6 Å². The molecule has 0 fully saturated rings. The number of ketones is 1. The van der Waals surface area contributed by atoms with Crippen LogP contribution in [-0.2, 0) is 22.8 Å². The Kier molecular flexibility index (Phi) is 6.36. The van der Waals surface area contributed by atoms with E-state index in [4.69, 9.17) is 9.79 Å². The molecule has 0 aromatic carbocycles. The second-order valence-corrected chi connectivity index (χ2v) is 7.77. The van der Waals surface area contributed by atoms with Crippen LogP contribution in [0.15, 0.2) is 0 Å². The van der Waals surface area contributed by atoms with E-state index in [1.807, 2.05) is 0 Å². The Morgan fingerprint density at radius 1 is 1.33 bits per heavy atom. The molecule has 18 heavy (non-hydrogen) atoms. The maximum atomic E-state index is 11.2. The topological polar surface area (TPSA) is 130 Å². The van der Waals surface area contributed by atoms with Gasteiger partial charge in [0.05, 0.1) is 12.2 Å². The van der Waals surface area contributed by atoms with Crippen molar-refractivity contribution in [1.29, 1.82) is 0 Å². The lowest BCUT2D eigenvalue weighted by Crippen LogP contribution is -2.28. The second-order valence-electron chi connectivity index (χ2n) is 4.31. The average molecular weight is 304 g/mol. The van der Waals surface area contributed by atoms with Crippen molar-refractivity contribution in [2.45, 2.75) is 32.3 Å². The monoisotopic (exact) mass is 304 g/mol. The molecular weight excluding hydrogens is 286 g/mol. The SMILES string of the molecule is CC(=O)CC(C)(O)CCOP(=O)(O)OP(C)(=O)O. The first-order valence-electron chi connectivity index (χ1n) is 5.04. The van der Waals surface area contributed by atoms with Gasteiger partial charge in [-0.25, -0.2) is 8.88 Å². The molecule has 0 saturated heterocycles. The van der Waals surface area contributed by atoms with Crippen LogP contribution in [0, 0.1) is 0 Å². The molecule has 10 heteroatoms. The van der Waals surface area contributed by atoms with Crippen molar-refractivity contribution in [3.05, 3.63) is 0 Å². The maximum absolute atomic E-state index is 11.2. The highest BCUT2D eigenvalue weighted by Gasteiger charge is 2.31. The standard InChI is InChI=1S/C8H18O8P2/c1-7(9)6-8(2,10)4-5-15-18(13,14)16-17(3,11)12/h10H,4-6H2,1-3H3,(H,11,12)(H,13,14). The molecule has 0 radical (unpaired) electrons. The number of carbonyl (C=O) groups is 1. The summed E-state index contributed by atoms with van der Waals surface area (Å²) in [6.45, 7) is 3.02. The molecular formula is C8H18O8P2. The van der Waals surface area contributed by atoms with Crippen LogP contribution >= 0.6 is 15.4 Å². The molecule has 3 N–H and O–H groups in total. The quantitative estimate of drug-likeness (QED) is 0.567. The average Bonchev–Trinajstić information content (AvgIpc) is 1.93. The summed E-state index contributed by atoms with van der Waals surface area (Å²) in [6, 6.07) is 0. The van der Waals surface area contributed by atoms with Crippen molar-refractivity contribution in [3.8, 4) is 0 Å². The molecule has 0 amide bonds. The van der Waals surface area contributed by atoms with Gasteiger partial charge in [0.2, 0.25) is 0 Å². The highest BCUT2D eigenvalue weighted by molar-refractivity contribution is 7.63. The fourth-order valence-electron chi connectivity index (χ4n) is 1.22. The fourth-order valence-corrected chi connectivity index (χ4v) is 3.26. The largest absolute Gasteiger partial charge is 0.479 e. The summed E-state index contributed by atoms with van der Waals surface area (Å²) in [4.78, 5) is 28.6. The van der Waals surface area contributed by atoms with E-state index < -0.39 is 27.6 Å². The minimum atomic E-state index is -4.64. The molecule has 0 aliphatic heterocycles. The van der Waals surface area contributed by atoms with E-state index in [9.17, 15) is 19.0 Å². The van der Waals surface area contributed by atoms with Crippen molar-refractivity contribution < 1.29 is 37.7 Å². The zero-order chi connectivity index (χ0) is 14.6. The van der Waals surface area contributed by atoms with Crippen LogP contribution in [-0.4, -0.2) is 39.5 Å². The predicted molar refractivity (Wildman–Crippen MR) is 63.2 cm³/mol. The molecule has 0 aliphatic carbocycles. The minimum Gasteiger partial charge on any atom is -0.390 e. The van der Waals surface area contributed by atoms with E-state index in [1.54, 1.807) is 0 Å². The number of Topliss-reactive ketones (excluding diaryl/α,β-unsaturated/α-hetero) is 1. The molecule has 3 unspecified atom stereocenters. The molecule has 108 valence electrons. The normalized spacial score (nSPS) is 21.7. The number of aliphatic hydroxyl groups is 1. The maximum Gasteiger partial charge on any atom is 0.479 e. The van der Waals surface area contributed by atoms with Crippen LogP contribution in [0.2, 0.25) is 0 Å². The Labute approximate surface area is 105 Å². The van der Waals surface area contributed by atoms with Crippen LogP contribution in [0.3, 0.4) is 0 Å². The highest BCUT2D eigenvalue weighted by Crippen LogP contribution is 2.57. The molecule has 0 aromatic heterocycles. The van der Waals surface area contributed by atoms with E-state index in [0.29, 0.717) is 0 Å². The molecule has 0 aliphatic rings. The Balaban J connectivity index is 4.22. The number of carbonyl (C=O) groups excluding carboxylic acids is 1. The van der Waals surface area contributed by atoms with Crippen LogP contribution in [0.1, 0.15) is 26.7 Å². The first kappa shape index (κ1) is 17.9. The highest BCUT2D eigenvalue weighted by atomic mass is 31.3. The van der Waals surface area contributed by atoms with E-state index >= 15 is 0 Å². The van der Waals surface area contributed by atoms with Crippen molar-refractivity contribution in [2.24, 2.45) is 0 Å². The summed E-state index contributed by atoms with van der Waals surface area (Å²) in [6.07, 6.45) is -0.223. The molecule has 0 spiro atoms. The molecule has 0 rings (SSSR count). The Morgan fingerprint density at radius 3 is 2.22 bits per heavy atom. The molecule has 0 heterocycles. The van der Waals surface area contributed by atoms with E-state index in [1.165, 1.54) is 13.8 Å². The molecule has 0 saturated carbocycles. The number of phosphoric ester groups is 1. The third kappa shape index (κ3) is 9.91.